The molecule has 4 heteroatoms. The molecule has 15 heavy (non-hydrogen) atoms. The van der Waals surface area contributed by atoms with Gasteiger partial charge >= 0.3 is 0 Å². The highest BCUT2D eigenvalue weighted by Gasteiger charge is 2.22. The first kappa shape index (κ1) is 11.8. The number of rotatable bonds is 2. The van der Waals surface area contributed by atoms with Gasteiger partial charge in [-0.1, -0.05) is 20.8 Å². The molecule has 0 spiro atoms. The summed E-state index contributed by atoms with van der Waals surface area (Å²) in [6, 6.07) is 1.84. The molecule has 0 fully saturated rings. The fraction of sp³-hybridized carbons (Fsp3) is 0.636. The smallest absolute Gasteiger partial charge is 0.269 e. The van der Waals surface area contributed by atoms with Crippen LogP contribution in [0.5, 0.6) is 0 Å². The van der Waals surface area contributed by atoms with Gasteiger partial charge in [0, 0.05) is 19.3 Å². The van der Waals surface area contributed by atoms with Gasteiger partial charge in [-0.05, 0) is 18.4 Å². The van der Waals surface area contributed by atoms with Gasteiger partial charge in [0.1, 0.15) is 5.69 Å². The number of carbonyl (C=O) groups is 1. The number of carbonyl (C=O) groups excluding carboxylic acids is 1. The van der Waals surface area contributed by atoms with Crippen molar-refractivity contribution in [2.75, 3.05) is 0 Å². The Hall–Kier alpha value is -1.32. The lowest BCUT2D eigenvalue weighted by Gasteiger charge is -2.27. The van der Waals surface area contributed by atoms with Crippen molar-refractivity contribution in [1.82, 2.24) is 15.1 Å². The minimum atomic E-state index is -0.0718. The van der Waals surface area contributed by atoms with Gasteiger partial charge in [0.15, 0.2) is 0 Å². The number of nitrogens with zero attached hydrogens (tertiary/aromatic N) is 2. The third kappa shape index (κ3) is 2.81. The molecule has 1 heterocycles. The molecule has 0 unspecified atom stereocenters. The Labute approximate surface area is 90.7 Å². The van der Waals surface area contributed by atoms with E-state index in [-0.39, 0.29) is 17.4 Å². The largest absolute Gasteiger partial charge is 0.348 e. The average molecular weight is 209 g/mol. The Bertz CT molecular complexity index is 349. The summed E-state index contributed by atoms with van der Waals surface area (Å²) in [7, 11) is 1.76. The first-order valence-electron chi connectivity index (χ1n) is 5.11. The molecule has 0 aliphatic carbocycles. The van der Waals surface area contributed by atoms with Gasteiger partial charge in [-0.3, -0.25) is 9.48 Å². The summed E-state index contributed by atoms with van der Waals surface area (Å²) in [5, 5.41) is 6.93. The highest BCUT2D eigenvalue weighted by molar-refractivity contribution is 5.92. The molecule has 1 aromatic rings. The molecule has 1 amide bonds. The fourth-order valence-electron chi connectivity index (χ4n) is 1.08. The number of aryl methyl sites for hydroxylation is 1. The van der Waals surface area contributed by atoms with Crippen LogP contribution in [-0.2, 0) is 7.05 Å². The quantitative estimate of drug-likeness (QED) is 0.804. The molecule has 0 saturated carbocycles. The van der Waals surface area contributed by atoms with Gasteiger partial charge in [-0.25, -0.2) is 0 Å². The topological polar surface area (TPSA) is 46.9 Å². The van der Waals surface area contributed by atoms with E-state index in [1.807, 2.05) is 6.92 Å². The molecule has 0 aliphatic rings. The maximum absolute atomic E-state index is 11.8. The molecule has 1 rings (SSSR count). The second-order valence-corrected chi connectivity index (χ2v) is 4.90. The lowest BCUT2D eigenvalue weighted by atomic mass is 9.88. The van der Waals surface area contributed by atoms with Crippen molar-refractivity contribution < 1.29 is 4.79 Å². The van der Waals surface area contributed by atoms with Crippen LogP contribution in [0, 0.1) is 5.41 Å². The molecule has 0 aromatic carbocycles. The van der Waals surface area contributed by atoms with Crippen molar-refractivity contribution in [3.8, 4) is 0 Å². The number of nitrogens with one attached hydrogen (secondary N) is 1. The SMILES string of the molecule is C[C@H](NC(=O)c1ccnn1C)C(C)(C)C. The number of hydrogen-bond donors (Lipinski definition) is 1. The summed E-state index contributed by atoms with van der Waals surface area (Å²) in [6.07, 6.45) is 1.62. The standard InChI is InChI=1S/C11H19N3O/c1-8(11(2,3)4)13-10(15)9-6-7-12-14(9)5/h6-8H,1-5H3,(H,13,15)/t8-/m0/s1. The van der Waals surface area contributed by atoms with Crippen molar-refractivity contribution in [3.63, 3.8) is 0 Å². The molecule has 0 radical (unpaired) electrons. The summed E-state index contributed by atoms with van der Waals surface area (Å²) in [6.45, 7) is 8.30. The Morgan fingerprint density at radius 3 is 2.53 bits per heavy atom. The van der Waals surface area contributed by atoms with Crippen molar-refractivity contribution in [3.05, 3.63) is 18.0 Å². The van der Waals surface area contributed by atoms with Crippen LogP contribution in [0.4, 0.5) is 0 Å². The van der Waals surface area contributed by atoms with E-state index in [0.717, 1.165) is 0 Å². The van der Waals surface area contributed by atoms with E-state index < -0.39 is 0 Å². The fourth-order valence-corrected chi connectivity index (χ4v) is 1.08. The molecule has 84 valence electrons. The molecular weight excluding hydrogens is 190 g/mol. The Morgan fingerprint density at radius 2 is 2.13 bits per heavy atom. The van der Waals surface area contributed by atoms with Gasteiger partial charge in [-0.2, -0.15) is 5.10 Å². The highest BCUT2D eigenvalue weighted by atomic mass is 16.2. The summed E-state index contributed by atoms with van der Waals surface area (Å²) < 4.78 is 1.57. The number of amides is 1. The van der Waals surface area contributed by atoms with Crippen molar-refractivity contribution in [2.45, 2.75) is 33.7 Å². The molecular formula is C11H19N3O. The summed E-state index contributed by atoms with van der Waals surface area (Å²) in [4.78, 5) is 11.8. The van der Waals surface area contributed by atoms with Gasteiger partial charge in [0.25, 0.3) is 5.91 Å². The van der Waals surface area contributed by atoms with E-state index in [1.165, 1.54) is 0 Å². The van der Waals surface area contributed by atoms with E-state index in [4.69, 9.17) is 0 Å². The third-order valence-corrected chi connectivity index (χ3v) is 2.70. The predicted molar refractivity (Wildman–Crippen MR) is 59.6 cm³/mol. The van der Waals surface area contributed by atoms with Crippen LogP contribution in [0.15, 0.2) is 12.3 Å². The monoisotopic (exact) mass is 209 g/mol. The minimum Gasteiger partial charge on any atom is -0.348 e. The van der Waals surface area contributed by atoms with Crippen molar-refractivity contribution in [1.29, 1.82) is 0 Å². The van der Waals surface area contributed by atoms with E-state index in [9.17, 15) is 4.79 Å². The maximum Gasteiger partial charge on any atom is 0.269 e. The molecule has 1 aromatic heterocycles. The van der Waals surface area contributed by atoms with Gasteiger partial charge < -0.3 is 5.32 Å². The Morgan fingerprint density at radius 1 is 1.53 bits per heavy atom. The van der Waals surface area contributed by atoms with Crippen LogP contribution in [0.25, 0.3) is 0 Å². The first-order chi connectivity index (χ1) is 6.82. The second kappa shape index (κ2) is 4.04. The zero-order chi connectivity index (χ0) is 11.6. The maximum atomic E-state index is 11.8. The Balaban J connectivity index is 2.69. The molecule has 1 atom stereocenters. The van der Waals surface area contributed by atoms with Crippen LogP contribution in [-0.4, -0.2) is 21.7 Å². The van der Waals surface area contributed by atoms with Gasteiger partial charge in [0.05, 0.1) is 0 Å². The Kier molecular flexibility index (Phi) is 3.17. The zero-order valence-corrected chi connectivity index (χ0v) is 10.0. The lowest BCUT2D eigenvalue weighted by molar-refractivity contribution is 0.0900. The molecule has 1 N–H and O–H groups in total. The van der Waals surface area contributed by atoms with E-state index >= 15 is 0 Å². The number of hydrogen-bond acceptors (Lipinski definition) is 2. The van der Waals surface area contributed by atoms with Gasteiger partial charge in [0.2, 0.25) is 0 Å². The average Bonchev–Trinajstić information content (AvgIpc) is 2.49. The minimum absolute atomic E-state index is 0.0637. The molecule has 0 bridgehead atoms. The van der Waals surface area contributed by atoms with Crippen LogP contribution in [0.2, 0.25) is 0 Å². The predicted octanol–water partition coefficient (Wildman–Crippen LogP) is 1.58. The molecule has 4 nitrogen and oxygen atoms in total. The van der Waals surface area contributed by atoms with Crippen molar-refractivity contribution in [2.24, 2.45) is 12.5 Å². The van der Waals surface area contributed by atoms with Crippen LogP contribution in [0.1, 0.15) is 38.2 Å². The zero-order valence-electron chi connectivity index (χ0n) is 10.0. The molecule has 0 saturated heterocycles. The van der Waals surface area contributed by atoms with E-state index in [0.29, 0.717) is 5.69 Å². The first-order valence-corrected chi connectivity index (χ1v) is 5.11. The lowest BCUT2D eigenvalue weighted by Crippen LogP contribution is -2.42. The van der Waals surface area contributed by atoms with Gasteiger partial charge in [-0.15, -0.1) is 0 Å². The van der Waals surface area contributed by atoms with Crippen LogP contribution in [0.3, 0.4) is 0 Å². The normalized spacial score (nSPS) is 13.7. The van der Waals surface area contributed by atoms with Crippen molar-refractivity contribution >= 4 is 5.91 Å². The highest BCUT2D eigenvalue weighted by Crippen LogP contribution is 2.18. The van der Waals surface area contributed by atoms with Crippen LogP contribution >= 0.6 is 0 Å². The summed E-state index contributed by atoms with van der Waals surface area (Å²) >= 11 is 0. The number of aromatic nitrogens is 2. The second-order valence-electron chi connectivity index (χ2n) is 4.90. The summed E-state index contributed by atoms with van der Waals surface area (Å²) in [5.74, 6) is -0.0718. The van der Waals surface area contributed by atoms with E-state index in [1.54, 1.807) is 24.0 Å². The summed E-state index contributed by atoms with van der Waals surface area (Å²) in [5.41, 5.74) is 0.653. The van der Waals surface area contributed by atoms with E-state index in [2.05, 4.69) is 31.2 Å². The third-order valence-electron chi connectivity index (χ3n) is 2.70. The van der Waals surface area contributed by atoms with Crippen LogP contribution < -0.4 is 5.32 Å². The molecule has 0 aliphatic heterocycles.